The van der Waals surface area contributed by atoms with E-state index in [0.717, 1.165) is 5.56 Å². The van der Waals surface area contributed by atoms with Crippen LogP contribution in [0.1, 0.15) is 11.4 Å². The number of hydrogen-bond acceptors (Lipinski definition) is 3. The molecule has 14 heavy (non-hydrogen) atoms. The molecule has 3 heteroatoms. The molecule has 0 unspecified atom stereocenters. The largest absolute Gasteiger partial charge is 0.296 e. The van der Waals surface area contributed by atoms with Crippen LogP contribution in [0, 0.1) is 5.41 Å². The van der Waals surface area contributed by atoms with Crippen LogP contribution in [0.15, 0.2) is 48.8 Å². The Bertz CT molecular complexity index is 381. The number of nitrogens with zero attached hydrogens (tertiary/aromatic N) is 2. The monoisotopic (exact) mass is 183 g/mol. The Morgan fingerprint density at radius 2 is 1.57 bits per heavy atom. The van der Waals surface area contributed by atoms with E-state index in [-0.39, 0.29) is 0 Å². The van der Waals surface area contributed by atoms with Crippen molar-refractivity contribution in [2.45, 2.75) is 0 Å². The molecule has 0 saturated carbocycles. The summed E-state index contributed by atoms with van der Waals surface area (Å²) < 4.78 is 0. The molecule has 1 heterocycles. The molecule has 0 atom stereocenters. The van der Waals surface area contributed by atoms with Crippen molar-refractivity contribution in [1.29, 1.82) is 5.41 Å². The average molecular weight is 183 g/mol. The predicted molar refractivity (Wildman–Crippen MR) is 54.4 cm³/mol. The summed E-state index contributed by atoms with van der Waals surface area (Å²) in [4.78, 5) is 8.04. The molecule has 0 bridgehead atoms. The minimum absolute atomic E-state index is 0.353. The van der Waals surface area contributed by atoms with Crippen molar-refractivity contribution in [3.63, 3.8) is 0 Å². The average Bonchev–Trinajstić information content (AvgIpc) is 2.30. The number of aromatic nitrogens is 2. The van der Waals surface area contributed by atoms with E-state index in [1.807, 2.05) is 30.3 Å². The summed E-state index contributed by atoms with van der Waals surface area (Å²) in [6.45, 7) is 0. The van der Waals surface area contributed by atoms with Gasteiger partial charge in [0.15, 0.2) is 5.82 Å². The minimum Gasteiger partial charge on any atom is -0.296 e. The van der Waals surface area contributed by atoms with Gasteiger partial charge in [-0.3, -0.25) is 5.41 Å². The van der Waals surface area contributed by atoms with Crippen molar-refractivity contribution < 1.29 is 0 Å². The van der Waals surface area contributed by atoms with E-state index in [2.05, 4.69) is 9.97 Å². The molecular formula is C11H9N3. The third kappa shape index (κ3) is 1.66. The first-order valence-corrected chi connectivity index (χ1v) is 4.29. The molecule has 1 aromatic heterocycles. The molecule has 2 aromatic rings. The third-order valence-corrected chi connectivity index (χ3v) is 1.85. The summed E-state index contributed by atoms with van der Waals surface area (Å²) >= 11 is 0. The van der Waals surface area contributed by atoms with E-state index in [1.165, 1.54) is 0 Å². The zero-order valence-electron chi connectivity index (χ0n) is 7.51. The first-order chi connectivity index (χ1) is 6.88. The lowest BCUT2D eigenvalue weighted by molar-refractivity contribution is 1.12. The normalized spacial score (nSPS) is 9.71. The smallest absolute Gasteiger partial charge is 0.177 e. The lowest BCUT2D eigenvalue weighted by Gasteiger charge is -2.00. The first kappa shape index (κ1) is 8.56. The van der Waals surface area contributed by atoms with Gasteiger partial charge < -0.3 is 0 Å². The molecule has 0 fully saturated rings. The SMILES string of the molecule is N=C(c1ccccc1)c1ncccn1. The van der Waals surface area contributed by atoms with Crippen molar-refractivity contribution in [2.75, 3.05) is 0 Å². The number of rotatable bonds is 2. The minimum atomic E-state index is 0.353. The van der Waals surface area contributed by atoms with Gasteiger partial charge in [0.05, 0.1) is 0 Å². The molecule has 1 N–H and O–H groups in total. The summed E-state index contributed by atoms with van der Waals surface area (Å²) in [5, 5.41) is 7.85. The second kappa shape index (κ2) is 3.79. The van der Waals surface area contributed by atoms with Gasteiger partial charge in [0.2, 0.25) is 0 Å². The molecule has 1 aromatic carbocycles. The summed E-state index contributed by atoms with van der Waals surface area (Å²) in [6.07, 6.45) is 3.28. The molecule has 2 rings (SSSR count). The fourth-order valence-corrected chi connectivity index (χ4v) is 1.16. The van der Waals surface area contributed by atoms with E-state index in [0.29, 0.717) is 11.5 Å². The van der Waals surface area contributed by atoms with Gasteiger partial charge in [-0.25, -0.2) is 9.97 Å². The van der Waals surface area contributed by atoms with Gasteiger partial charge in [0, 0.05) is 18.0 Å². The Balaban J connectivity index is 2.35. The molecule has 0 amide bonds. The second-order valence-electron chi connectivity index (χ2n) is 2.81. The van der Waals surface area contributed by atoms with Crippen molar-refractivity contribution in [2.24, 2.45) is 0 Å². The molecular weight excluding hydrogens is 174 g/mol. The van der Waals surface area contributed by atoms with Crippen LogP contribution in [0.25, 0.3) is 0 Å². The van der Waals surface area contributed by atoms with Gasteiger partial charge in [-0.05, 0) is 6.07 Å². The fraction of sp³-hybridized carbons (Fsp3) is 0. The highest BCUT2D eigenvalue weighted by molar-refractivity contribution is 6.08. The van der Waals surface area contributed by atoms with E-state index in [9.17, 15) is 0 Å². The highest BCUT2D eigenvalue weighted by Crippen LogP contribution is 2.03. The molecule has 0 spiro atoms. The number of benzene rings is 1. The van der Waals surface area contributed by atoms with Crippen LogP contribution < -0.4 is 0 Å². The zero-order chi connectivity index (χ0) is 9.80. The highest BCUT2D eigenvalue weighted by Gasteiger charge is 2.05. The maximum absolute atomic E-state index is 7.85. The van der Waals surface area contributed by atoms with Gasteiger partial charge in [-0.2, -0.15) is 0 Å². The molecule has 0 radical (unpaired) electrons. The molecule has 3 nitrogen and oxygen atoms in total. The van der Waals surface area contributed by atoms with E-state index < -0.39 is 0 Å². The van der Waals surface area contributed by atoms with Crippen molar-refractivity contribution in [1.82, 2.24) is 9.97 Å². The molecule has 0 aliphatic rings. The van der Waals surface area contributed by atoms with Crippen LogP contribution in [0.3, 0.4) is 0 Å². The molecule has 0 aliphatic carbocycles. The van der Waals surface area contributed by atoms with E-state index >= 15 is 0 Å². The summed E-state index contributed by atoms with van der Waals surface area (Å²) in [6, 6.07) is 11.2. The van der Waals surface area contributed by atoms with Gasteiger partial charge in [0.25, 0.3) is 0 Å². The van der Waals surface area contributed by atoms with Crippen LogP contribution in [0.2, 0.25) is 0 Å². The van der Waals surface area contributed by atoms with Crippen LogP contribution in [-0.2, 0) is 0 Å². The van der Waals surface area contributed by atoms with Crippen molar-refractivity contribution in [3.05, 3.63) is 60.2 Å². The lowest BCUT2D eigenvalue weighted by Crippen LogP contribution is -2.05. The second-order valence-corrected chi connectivity index (χ2v) is 2.81. The zero-order valence-corrected chi connectivity index (χ0v) is 7.51. The van der Waals surface area contributed by atoms with Gasteiger partial charge >= 0.3 is 0 Å². The van der Waals surface area contributed by atoms with Crippen LogP contribution in [-0.4, -0.2) is 15.7 Å². The standard InChI is InChI=1S/C11H9N3/c12-10(9-5-2-1-3-6-9)11-13-7-4-8-14-11/h1-8,12H. The lowest BCUT2D eigenvalue weighted by atomic mass is 10.1. The van der Waals surface area contributed by atoms with Crippen molar-refractivity contribution >= 4 is 5.71 Å². The van der Waals surface area contributed by atoms with Crippen molar-refractivity contribution in [3.8, 4) is 0 Å². The maximum atomic E-state index is 7.85. The quantitative estimate of drug-likeness (QED) is 0.723. The van der Waals surface area contributed by atoms with Gasteiger partial charge in [-0.15, -0.1) is 0 Å². The Labute approximate surface area is 82.0 Å². The third-order valence-electron chi connectivity index (χ3n) is 1.85. The Kier molecular flexibility index (Phi) is 2.32. The summed E-state index contributed by atoms with van der Waals surface area (Å²) in [5.41, 5.74) is 1.19. The van der Waals surface area contributed by atoms with Crippen LogP contribution in [0.4, 0.5) is 0 Å². The molecule has 0 aliphatic heterocycles. The summed E-state index contributed by atoms with van der Waals surface area (Å²) in [7, 11) is 0. The Morgan fingerprint density at radius 3 is 2.21 bits per heavy atom. The Hall–Kier alpha value is -2.03. The van der Waals surface area contributed by atoms with Gasteiger partial charge in [0.1, 0.15) is 5.71 Å². The number of nitrogens with one attached hydrogen (secondary N) is 1. The maximum Gasteiger partial charge on any atom is 0.177 e. The first-order valence-electron chi connectivity index (χ1n) is 4.29. The van der Waals surface area contributed by atoms with Crippen LogP contribution >= 0.6 is 0 Å². The van der Waals surface area contributed by atoms with Gasteiger partial charge in [-0.1, -0.05) is 30.3 Å². The Morgan fingerprint density at radius 1 is 0.929 bits per heavy atom. The van der Waals surface area contributed by atoms with E-state index in [1.54, 1.807) is 18.5 Å². The summed E-state index contributed by atoms with van der Waals surface area (Å²) in [5.74, 6) is 0.457. The topological polar surface area (TPSA) is 49.6 Å². The highest BCUT2D eigenvalue weighted by atomic mass is 14.9. The molecule has 0 saturated heterocycles. The van der Waals surface area contributed by atoms with Crippen LogP contribution in [0.5, 0.6) is 0 Å². The number of hydrogen-bond donors (Lipinski definition) is 1. The fourth-order valence-electron chi connectivity index (χ4n) is 1.16. The van der Waals surface area contributed by atoms with E-state index in [4.69, 9.17) is 5.41 Å². The predicted octanol–water partition coefficient (Wildman–Crippen LogP) is 1.89. The molecule has 68 valence electrons.